The highest BCUT2D eigenvalue weighted by atomic mass is 35.5. The van der Waals surface area contributed by atoms with Crippen LogP contribution in [0.1, 0.15) is 23.0 Å². The maximum absolute atomic E-state index is 12.0. The van der Waals surface area contributed by atoms with Gasteiger partial charge in [-0.15, -0.1) is 0 Å². The molecule has 0 aliphatic heterocycles. The third kappa shape index (κ3) is 3.25. The zero-order valence-electron chi connectivity index (χ0n) is 10.3. The van der Waals surface area contributed by atoms with Crippen molar-refractivity contribution in [3.8, 4) is 0 Å². The highest BCUT2D eigenvalue weighted by molar-refractivity contribution is 6.42. The quantitative estimate of drug-likeness (QED) is 0.628. The molecular weight excluding hydrogens is 283 g/mol. The Bertz CT molecular complexity index is 632. The van der Waals surface area contributed by atoms with E-state index in [9.17, 15) is 4.79 Å². The van der Waals surface area contributed by atoms with Crippen LogP contribution in [-0.4, -0.2) is 15.6 Å². The molecule has 0 spiro atoms. The highest BCUT2D eigenvalue weighted by Gasteiger charge is 2.05. The zero-order valence-corrected chi connectivity index (χ0v) is 11.8. The molecule has 0 aliphatic rings. The summed E-state index contributed by atoms with van der Waals surface area (Å²) in [5.74, 6) is -0.123. The van der Waals surface area contributed by atoms with Crippen LogP contribution in [0, 0.1) is 0 Å². The monoisotopic (exact) mass is 294 g/mol. The summed E-state index contributed by atoms with van der Waals surface area (Å²) in [5, 5.41) is 4.94. The van der Waals surface area contributed by atoms with E-state index >= 15 is 0 Å². The molecule has 19 heavy (non-hydrogen) atoms. The number of carbonyl (C=O) groups excluding carboxylic acids is 1. The van der Waals surface area contributed by atoms with E-state index in [-0.39, 0.29) is 5.78 Å². The van der Waals surface area contributed by atoms with E-state index in [4.69, 9.17) is 23.2 Å². The first-order valence-corrected chi connectivity index (χ1v) is 6.56. The van der Waals surface area contributed by atoms with Crippen LogP contribution < -0.4 is 0 Å². The van der Waals surface area contributed by atoms with E-state index in [0.29, 0.717) is 15.6 Å². The maximum Gasteiger partial charge on any atom is 0.185 e. The van der Waals surface area contributed by atoms with Crippen LogP contribution in [0.2, 0.25) is 10.0 Å². The molecule has 0 aliphatic carbocycles. The number of benzene rings is 1. The lowest BCUT2D eigenvalue weighted by molar-refractivity contribution is 0.104. The summed E-state index contributed by atoms with van der Waals surface area (Å²) in [6.07, 6.45) is 4.94. The van der Waals surface area contributed by atoms with Gasteiger partial charge in [0, 0.05) is 18.3 Å². The fourth-order valence-electron chi connectivity index (χ4n) is 1.66. The molecule has 0 unspecified atom stereocenters. The lowest BCUT2D eigenvalue weighted by Gasteiger charge is -2.00. The van der Waals surface area contributed by atoms with Gasteiger partial charge in [-0.2, -0.15) is 5.10 Å². The van der Waals surface area contributed by atoms with Gasteiger partial charge in [0.15, 0.2) is 5.78 Å². The van der Waals surface area contributed by atoms with Crippen molar-refractivity contribution in [2.24, 2.45) is 0 Å². The van der Waals surface area contributed by atoms with E-state index in [1.54, 1.807) is 35.2 Å². The molecule has 98 valence electrons. The van der Waals surface area contributed by atoms with Crippen LogP contribution in [0.3, 0.4) is 0 Å². The second-order valence-electron chi connectivity index (χ2n) is 3.90. The number of ketones is 1. The van der Waals surface area contributed by atoms with Crippen LogP contribution in [0.25, 0.3) is 6.08 Å². The summed E-state index contributed by atoms with van der Waals surface area (Å²) in [7, 11) is 0. The number of carbonyl (C=O) groups is 1. The first kappa shape index (κ1) is 13.8. The molecule has 2 rings (SSSR count). The predicted octanol–water partition coefficient (Wildman–Crippen LogP) is 4.11. The Kier molecular flexibility index (Phi) is 4.40. The van der Waals surface area contributed by atoms with Gasteiger partial charge in [-0.05, 0) is 43.3 Å². The normalized spacial score (nSPS) is 11.1. The van der Waals surface area contributed by atoms with Crippen molar-refractivity contribution in [3.05, 3.63) is 57.8 Å². The van der Waals surface area contributed by atoms with E-state index in [2.05, 4.69) is 5.10 Å². The SMILES string of the molecule is CCn1nccc1/C=C/C(=O)c1ccc(Cl)c(Cl)c1. The first-order chi connectivity index (χ1) is 9.11. The minimum absolute atomic E-state index is 0.123. The Morgan fingerprint density at radius 2 is 2.11 bits per heavy atom. The van der Waals surface area contributed by atoms with E-state index in [1.807, 2.05) is 13.0 Å². The number of aryl methyl sites for hydroxylation is 1. The lowest BCUT2D eigenvalue weighted by Crippen LogP contribution is -1.99. The molecular formula is C14H12Cl2N2O. The summed E-state index contributed by atoms with van der Waals surface area (Å²) in [4.78, 5) is 12.0. The summed E-state index contributed by atoms with van der Waals surface area (Å²) < 4.78 is 1.80. The third-order valence-electron chi connectivity index (χ3n) is 2.66. The topological polar surface area (TPSA) is 34.9 Å². The van der Waals surface area contributed by atoms with E-state index < -0.39 is 0 Å². The average Bonchev–Trinajstić information content (AvgIpc) is 2.86. The standard InChI is InChI=1S/C14H12Cl2N2O/c1-2-18-11(7-8-17-18)4-6-14(19)10-3-5-12(15)13(16)9-10/h3-9H,2H2,1H3/b6-4+. The molecule has 1 heterocycles. The second-order valence-corrected chi connectivity index (χ2v) is 4.71. The Balaban J connectivity index is 2.19. The molecule has 3 nitrogen and oxygen atoms in total. The number of aromatic nitrogens is 2. The van der Waals surface area contributed by atoms with Crippen LogP contribution in [0.15, 0.2) is 36.5 Å². The fourth-order valence-corrected chi connectivity index (χ4v) is 1.95. The minimum atomic E-state index is -0.123. The average molecular weight is 295 g/mol. The van der Waals surface area contributed by atoms with Gasteiger partial charge >= 0.3 is 0 Å². The summed E-state index contributed by atoms with van der Waals surface area (Å²) in [5.41, 5.74) is 1.39. The molecule has 0 atom stereocenters. The van der Waals surface area contributed by atoms with Gasteiger partial charge < -0.3 is 0 Å². The number of hydrogen-bond acceptors (Lipinski definition) is 2. The number of rotatable bonds is 4. The van der Waals surface area contributed by atoms with E-state index in [1.165, 1.54) is 6.08 Å². The van der Waals surface area contributed by atoms with Crippen molar-refractivity contribution in [2.75, 3.05) is 0 Å². The molecule has 5 heteroatoms. The molecule has 0 radical (unpaired) electrons. The van der Waals surface area contributed by atoms with Gasteiger partial charge in [-0.25, -0.2) is 0 Å². The van der Waals surface area contributed by atoms with Crippen molar-refractivity contribution in [2.45, 2.75) is 13.5 Å². The van der Waals surface area contributed by atoms with Gasteiger partial charge in [0.2, 0.25) is 0 Å². The summed E-state index contributed by atoms with van der Waals surface area (Å²) in [6.45, 7) is 2.75. The lowest BCUT2D eigenvalue weighted by atomic mass is 10.1. The van der Waals surface area contributed by atoms with Crippen LogP contribution in [-0.2, 0) is 6.54 Å². The van der Waals surface area contributed by atoms with Gasteiger partial charge in [0.05, 0.1) is 15.7 Å². The Labute approximate surface area is 121 Å². The number of halogens is 2. The third-order valence-corrected chi connectivity index (χ3v) is 3.40. The predicted molar refractivity (Wildman–Crippen MR) is 77.7 cm³/mol. The second kappa shape index (κ2) is 6.04. The summed E-state index contributed by atoms with van der Waals surface area (Å²) in [6, 6.07) is 6.68. The number of hydrogen-bond donors (Lipinski definition) is 0. The summed E-state index contributed by atoms with van der Waals surface area (Å²) >= 11 is 11.7. The van der Waals surface area contributed by atoms with Crippen LogP contribution in [0.5, 0.6) is 0 Å². The van der Waals surface area contributed by atoms with Crippen molar-refractivity contribution in [1.29, 1.82) is 0 Å². The molecule has 1 aromatic carbocycles. The Morgan fingerprint density at radius 1 is 1.32 bits per heavy atom. The van der Waals surface area contributed by atoms with Crippen LogP contribution in [0.4, 0.5) is 0 Å². The Morgan fingerprint density at radius 3 is 2.79 bits per heavy atom. The molecule has 0 saturated carbocycles. The molecule has 0 saturated heterocycles. The Hall–Kier alpha value is -1.58. The van der Waals surface area contributed by atoms with Crippen molar-refractivity contribution in [1.82, 2.24) is 9.78 Å². The molecule has 0 amide bonds. The maximum atomic E-state index is 12.0. The van der Waals surface area contributed by atoms with Crippen molar-refractivity contribution in [3.63, 3.8) is 0 Å². The molecule has 1 aromatic heterocycles. The van der Waals surface area contributed by atoms with Gasteiger partial charge in [-0.3, -0.25) is 9.48 Å². The molecule has 0 fully saturated rings. The van der Waals surface area contributed by atoms with Crippen LogP contribution >= 0.6 is 23.2 Å². The molecule has 2 aromatic rings. The largest absolute Gasteiger partial charge is 0.289 e. The molecule has 0 bridgehead atoms. The fraction of sp³-hybridized carbons (Fsp3) is 0.143. The smallest absolute Gasteiger partial charge is 0.185 e. The zero-order chi connectivity index (χ0) is 13.8. The van der Waals surface area contributed by atoms with Gasteiger partial charge in [0.25, 0.3) is 0 Å². The van der Waals surface area contributed by atoms with E-state index in [0.717, 1.165) is 12.2 Å². The minimum Gasteiger partial charge on any atom is -0.289 e. The molecule has 0 N–H and O–H groups in total. The van der Waals surface area contributed by atoms with Gasteiger partial charge in [-0.1, -0.05) is 23.2 Å². The highest BCUT2D eigenvalue weighted by Crippen LogP contribution is 2.23. The number of nitrogens with zero attached hydrogens (tertiary/aromatic N) is 2. The van der Waals surface area contributed by atoms with Crippen molar-refractivity contribution >= 4 is 35.1 Å². The number of allylic oxidation sites excluding steroid dienone is 1. The van der Waals surface area contributed by atoms with Gasteiger partial charge in [0.1, 0.15) is 0 Å². The first-order valence-electron chi connectivity index (χ1n) is 5.81. The van der Waals surface area contributed by atoms with Crippen molar-refractivity contribution < 1.29 is 4.79 Å².